The number of fused-ring (bicyclic) bond motifs is 3. The summed E-state index contributed by atoms with van der Waals surface area (Å²) in [4.78, 5) is 0. The van der Waals surface area contributed by atoms with E-state index in [4.69, 9.17) is 9.47 Å². The molecule has 196 valence electrons. The minimum Gasteiger partial charge on any atom is -0.394 e. The lowest BCUT2D eigenvalue weighted by Gasteiger charge is -2.61. The summed E-state index contributed by atoms with van der Waals surface area (Å²) < 4.78 is 11.9. The van der Waals surface area contributed by atoms with Gasteiger partial charge in [0.15, 0.2) is 6.29 Å². The molecule has 6 N–H and O–H groups in total. The fourth-order valence-corrected chi connectivity index (χ4v) is 7.92. The van der Waals surface area contributed by atoms with Gasteiger partial charge in [-0.2, -0.15) is 0 Å². The molecule has 3 fully saturated rings. The zero-order chi connectivity index (χ0) is 25.1. The van der Waals surface area contributed by atoms with E-state index in [1.54, 1.807) is 0 Å². The van der Waals surface area contributed by atoms with E-state index in [1.165, 1.54) is 5.57 Å². The number of aliphatic hydroxyl groups excluding tert-OH is 6. The summed E-state index contributed by atoms with van der Waals surface area (Å²) in [5.74, 6) is 0.842. The Morgan fingerprint density at radius 2 is 1.74 bits per heavy atom. The van der Waals surface area contributed by atoms with E-state index in [-0.39, 0.29) is 23.5 Å². The Morgan fingerprint density at radius 3 is 2.38 bits per heavy atom. The van der Waals surface area contributed by atoms with E-state index in [1.807, 2.05) is 6.92 Å². The quantitative estimate of drug-likeness (QED) is 0.252. The predicted octanol–water partition coefficient (Wildman–Crippen LogP) is 1.10. The highest BCUT2D eigenvalue weighted by Crippen LogP contribution is 2.64. The van der Waals surface area contributed by atoms with Gasteiger partial charge < -0.3 is 40.1 Å². The van der Waals surface area contributed by atoms with Gasteiger partial charge in [0.05, 0.1) is 25.4 Å². The van der Waals surface area contributed by atoms with Crippen molar-refractivity contribution in [2.75, 3.05) is 13.2 Å². The molecule has 4 aliphatic rings. The van der Waals surface area contributed by atoms with Gasteiger partial charge in [0.1, 0.15) is 24.4 Å². The second kappa shape index (κ2) is 9.38. The maximum atomic E-state index is 10.5. The summed E-state index contributed by atoms with van der Waals surface area (Å²) in [6, 6.07) is 0. The molecule has 34 heavy (non-hydrogen) atoms. The number of hydrogen-bond donors (Lipinski definition) is 6. The summed E-state index contributed by atoms with van der Waals surface area (Å²) in [6.45, 7) is 8.19. The fourth-order valence-electron chi connectivity index (χ4n) is 7.92. The Labute approximate surface area is 202 Å². The lowest BCUT2D eigenvalue weighted by Crippen LogP contribution is -2.61. The Hall–Kier alpha value is -0.580. The average molecular weight is 485 g/mol. The van der Waals surface area contributed by atoms with Crippen LogP contribution in [0.25, 0.3) is 0 Å². The standard InChI is InChI=1S/C26H44O8/c1-24(2)10-15(33-23-22(32)21(31)20(30)17(12-27)34-23)11-26(4)16-7-8-25(3,19(29)13-28)9-14(16)5-6-18(24)26/h9,15-23,27-32H,5-8,10-13H2,1-4H3/t15-,16-,17-,18-,19+,20-,21+,22-,23+,25+,26+/m1/s1. The molecular weight excluding hydrogens is 440 g/mol. The van der Waals surface area contributed by atoms with Crippen LogP contribution in [0.1, 0.15) is 66.2 Å². The Bertz CT molecular complexity index is 768. The molecule has 0 aromatic rings. The molecule has 0 radical (unpaired) electrons. The number of allylic oxidation sites excluding steroid dienone is 1. The highest BCUT2D eigenvalue weighted by atomic mass is 16.7. The van der Waals surface area contributed by atoms with Gasteiger partial charge in [-0.15, -0.1) is 0 Å². The van der Waals surface area contributed by atoms with Crippen LogP contribution in [-0.2, 0) is 9.47 Å². The molecule has 1 heterocycles. The molecule has 0 amide bonds. The fraction of sp³-hybridized carbons (Fsp3) is 0.923. The van der Waals surface area contributed by atoms with Gasteiger partial charge in [-0.25, -0.2) is 0 Å². The first-order valence-corrected chi connectivity index (χ1v) is 12.8. The molecule has 0 bridgehead atoms. The van der Waals surface area contributed by atoms with Gasteiger partial charge in [0.25, 0.3) is 0 Å². The molecule has 3 aliphatic carbocycles. The molecule has 0 unspecified atom stereocenters. The van der Waals surface area contributed by atoms with Crippen molar-refractivity contribution in [3.63, 3.8) is 0 Å². The van der Waals surface area contributed by atoms with Crippen LogP contribution in [0.15, 0.2) is 11.6 Å². The Morgan fingerprint density at radius 1 is 1.03 bits per heavy atom. The molecule has 0 aromatic heterocycles. The van der Waals surface area contributed by atoms with Gasteiger partial charge in [0.2, 0.25) is 0 Å². The van der Waals surface area contributed by atoms with Crippen molar-refractivity contribution in [2.45, 2.75) is 109 Å². The molecule has 1 saturated heterocycles. The molecule has 4 rings (SSSR count). The van der Waals surface area contributed by atoms with Crippen LogP contribution in [-0.4, -0.2) is 86.8 Å². The van der Waals surface area contributed by atoms with E-state index in [9.17, 15) is 30.6 Å². The molecule has 0 spiro atoms. The van der Waals surface area contributed by atoms with E-state index in [2.05, 4.69) is 26.8 Å². The van der Waals surface area contributed by atoms with Crippen molar-refractivity contribution in [3.8, 4) is 0 Å². The number of aliphatic hydroxyl groups is 6. The van der Waals surface area contributed by atoms with Gasteiger partial charge in [-0.3, -0.25) is 0 Å². The monoisotopic (exact) mass is 484 g/mol. The maximum absolute atomic E-state index is 10.5. The summed E-state index contributed by atoms with van der Waals surface area (Å²) >= 11 is 0. The van der Waals surface area contributed by atoms with Crippen LogP contribution in [0.3, 0.4) is 0 Å². The predicted molar refractivity (Wildman–Crippen MR) is 124 cm³/mol. The van der Waals surface area contributed by atoms with Crippen molar-refractivity contribution >= 4 is 0 Å². The molecular formula is C26H44O8. The van der Waals surface area contributed by atoms with E-state index < -0.39 is 48.8 Å². The third-order valence-electron chi connectivity index (χ3n) is 9.72. The first kappa shape index (κ1) is 26.5. The lowest BCUT2D eigenvalue weighted by molar-refractivity contribution is -0.320. The highest BCUT2D eigenvalue weighted by Gasteiger charge is 2.58. The lowest BCUT2D eigenvalue weighted by atomic mass is 9.45. The van der Waals surface area contributed by atoms with E-state index in [0.29, 0.717) is 11.8 Å². The van der Waals surface area contributed by atoms with Crippen molar-refractivity contribution in [2.24, 2.45) is 28.1 Å². The van der Waals surface area contributed by atoms with Gasteiger partial charge >= 0.3 is 0 Å². The van der Waals surface area contributed by atoms with Gasteiger partial charge in [-0.05, 0) is 61.2 Å². The SMILES string of the molecule is CC1(C)C[C@@H](O[C@H]2O[C@H](CO)[C@@H](O)[C@H](O)[C@H]2O)C[C@@]2(C)[C@@H]3CC[C@](C)([C@@H](O)CO)C=C3CC[C@H]12. The molecule has 0 aromatic carbocycles. The highest BCUT2D eigenvalue weighted by molar-refractivity contribution is 5.25. The zero-order valence-corrected chi connectivity index (χ0v) is 20.9. The van der Waals surface area contributed by atoms with Crippen molar-refractivity contribution in [1.29, 1.82) is 0 Å². The third-order valence-corrected chi connectivity index (χ3v) is 9.72. The molecule has 2 saturated carbocycles. The zero-order valence-electron chi connectivity index (χ0n) is 20.9. The molecule has 11 atom stereocenters. The first-order valence-electron chi connectivity index (χ1n) is 12.8. The second-order valence-electron chi connectivity index (χ2n) is 12.5. The minimum absolute atomic E-state index is 0.0112. The number of rotatable bonds is 5. The summed E-state index contributed by atoms with van der Waals surface area (Å²) in [5, 5.41) is 60.3. The topological polar surface area (TPSA) is 140 Å². The van der Waals surface area contributed by atoms with Crippen molar-refractivity contribution in [1.82, 2.24) is 0 Å². The summed E-state index contributed by atoms with van der Waals surface area (Å²) in [7, 11) is 0. The van der Waals surface area contributed by atoms with Crippen LogP contribution in [0, 0.1) is 28.1 Å². The molecule has 1 aliphatic heterocycles. The van der Waals surface area contributed by atoms with Crippen LogP contribution in [0.5, 0.6) is 0 Å². The summed E-state index contributed by atoms with van der Waals surface area (Å²) in [6.07, 6.45) is 0.254. The largest absolute Gasteiger partial charge is 0.394 e. The maximum Gasteiger partial charge on any atom is 0.186 e. The Kier molecular flexibility index (Phi) is 7.30. The van der Waals surface area contributed by atoms with Gasteiger partial charge in [-0.1, -0.05) is 39.3 Å². The molecule has 8 heteroatoms. The van der Waals surface area contributed by atoms with Crippen molar-refractivity contribution in [3.05, 3.63) is 11.6 Å². The van der Waals surface area contributed by atoms with Crippen LogP contribution >= 0.6 is 0 Å². The van der Waals surface area contributed by atoms with Crippen LogP contribution in [0.4, 0.5) is 0 Å². The number of hydrogen-bond acceptors (Lipinski definition) is 8. The Balaban J connectivity index is 1.57. The second-order valence-corrected chi connectivity index (χ2v) is 12.5. The van der Waals surface area contributed by atoms with Crippen LogP contribution in [0.2, 0.25) is 0 Å². The minimum atomic E-state index is -1.45. The number of ether oxygens (including phenoxy) is 2. The van der Waals surface area contributed by atoms with Gasteiger partial charge in [0, 0.05) is 5.41 Å². The first-order chi connectivity index (χ1) is 15.9. The average Bonchev–Trinajstić information content (AvgIpc) is 2.77. The van der Waals surface area contributed by atoms with Crippen LogP contribution < -0.4 is 0 Å². The molecule has 8 nitrogen and oxygen atoms in total. The van der Waals surface area contributed by atoms with E-state index >= 15 is 0 Å². The summed E-state index contributed by atoms with van der Waals surface area (Å²) in [5.41, 5.74) is 0.892. The van der Waals surface area contributed by atoms with Crippen molar-refractivity contribution < 1.29 is 40.1 Å². The smallest absolute Gasteiger partial charge is 0.186 e. The van der Waals surface area contributed by atoms with E-state index in [0.717, 1.165) is 38.5 Å². The normalized spacial score (nSPS) is 49.5. The third kappa shape index (κ3) is 4.39.